The highest BCUT2D eigenvalue weighted by Gasteiger charge is 2.34. The van der Waals surface area contributed by atoms with Gasteiger partial charge in [0, 0.05) is 0 Å². The van der Waals surface area contributed by atoms with Gasteiger partial charge in [-0.2, -0.15) is 0 Å². The largest absolute Gasteiger partial charge is 0.394 e. The van der Waals surface area contributed by atoms with E-state index >= 15 is 0 Å². The molecule has 1 aromatic carbocycles. The fraction of sp³-hybridized carbons (Fsp3) is 0.667. The lowest BCUT2D eigenvalue weighted by Gasteiger charge is -2.38. The Labute approximate surface area is 137 Å². The molecular formula is C18H32O3Si. The SMILES string of the molecule is CC(C)C(C)(C)OC([C@H](CO)OCc1ccccc1)[SiH](C)C. The van der Waals surface area contributed by atoms with Crippen LogP contribution in [0.25, 0.3) is 0 Å². The molecule has 0 aliphatic rings. The van der Waals surface area contributed by atoms with Crippen molar-refractivity contribution in [2.45, 2.75) is 64.8 Å². The second kappa shape index (κ2) is 8.82. The van der Waals surface area contributed by atoms with Crippen LogP contribution in [0.5, 0.6) is 0 Å². The normalized spacial score (nSPS) is 15.3. The maximum Gasteiger partial charge on any atom is 0.104 e. The molecule has 0 saturated heterocycles. The molecule has 3 nitrogen and oxygen atoms in total. The minimum atomic E-state index is -1.13. The van der Waals surface area contributed by atoms with Gasteiger partial charge in [-0.1, -0.05) is 57.3 Å². The van der Waals surface area contributed by atoms with Crippen LogP contribution >= 0.6 is 0 Å². The number of hydrogen-bond donors (Lipinski definition) is 1. The predicted octanol–water partition coefficient (Wildman–Crippen LogP) is 3.41. The van der Waals surface area contributed by atoms with Gasteiger partial charge in [-0.15, -0.1) is 0 Å². The Morgan fingerprint density at radius 1 is 1.14 bits per heavy atom. The Bertz CT molecular complexity index is 418. The van der Waals surface area contributed by atoms with Crippen molar-refractivity contribution in [2.24, 2.45) is 5.92 Å². The average molecular weight is 325 g/mol. The molecule has 0 aromatic heterocycles. The molecule has 0 fully saturated rings. The molecule has 1 unspecified atom stereocenters. The highest BCUT2D eigenvalue weighted by Crippen LogP contribution is 2.25. The predicted molar refractivity (Wildman–Crippen MR) is 94.8 cm³/mol. The number of rotatable bonds is 9. The molecule has 4 heteroatoms. The van der Waals surface area contributed by atoms with E-state index in [1.807, 2.05) is 30.3 Å². The van der Waals surface area contributed by atoms with E-state index in [0.717, 1.165) is 5.56 Å². The Morgan fingerprint density at radius 3 is 2.18 bits per heavy atom. The third-order valence-electron chi connectivity index (χ3n) is 4.34. The summed E-state index contributed by atoms with van der Waals surface area (Å²) in [6.07, 6.45) is -0.259. The second-order valence-corrected chi connectivity index (χ2v) is 10.2. The molecule has 1 aromatic rings. The van der Waals surface area contributed by atoms with E-state index < -0.39 is 8.80 Å². The van der Waals surface area contributed by atoms with E-state index in [2.05, 4.69) is 40.8 Å². The molecule has 0 saturated carbocycles. The van der Waals surface area contributed by atoms with Gasteiger partial charge >= 0.3 is 0 Å². The molecule has 126 valence electrons. The summed E-state index contributed by atoms with van der Waals surface area (Å²) in [7, 11) is -1.13. The summed E-state index contributed by atoms with van der Waals surface area (Å²) in [5.74, 6) is 0.413. The van der Waals surface area contributed by atoms with Crippen LogP contribution < -0.4 is 0 Å². The van der Waals surface area contributed by atoms with E-state index in [4.69, 9.17) is 9.47 Å². The van der Waals surface area contributed by atoms with Crippen LogP contribution in [-0.4, -0.2) is 37.9 Å². The highest BCUT2D eigenvalue weighted by atomic mass is 28.3. The summed E-state index contributed by atoms with van der Waals surface area (Å²) in [6, 6.07) is 10.1. The van der Waals surface area contributed by atoms with Crippen LogP contribution in [0.2, 0.25) is 13.1 Å². The molecule has 22 heavy (non-hydrogen) atoms. The Morgan fingerprint density at radius 2 is 1.73 bits per heavy atom. The van der Waals surface area contributed by atoms with Crippen LogP contribution in [0.3, 0.4) is 0 Å². The van der Waals surface area contributed by atoms with Crippen molar-refractivity contribution in [1.29, 1.82) is 0 Å². The zero-order chi connectivity index (χ0) is 16.8. The van der Waals surface area contributed by atoms with E-state index in [9.17, 15) is 5.11 Å². The number of aliphatic hydroxyl groups excluding tert-OH is 1. The maximum atomic E-state index is 9.78. The monoisotopic (exact) mass is 324 g/mol. The fourth-order valence-electron chi connectivity index (χ4n) is 2.16. The zero-order valence-electron chi connectivity index (χ0n) is 14.9. The van der Waals surface area contributed by atoms with Crippen LogP contribution in [-0.2, 0) is 16.1 Å². The zero-order valence-corrected chi connectivity index (χ0v) is 16.0. The lowest BCUT2D eigenvalue weighted by atomic mass is 9.95. The van der Waals surface area contributed by atoms with Crippen molar-refractivity contribution < 1.29 is 14.6 Å². The summed E-state index contributed by atoms with van der Waals surface area (Å²) in [4.78, 5) is 0. The van der Waals surface area contributed by atoms with Crippen molar-refractivity contribution in [3.8, 4) is 0 Å². The van der Waals surface area contributed by atoms with Gasteiger partial charge in [0.2, 0.25) is 0 Å². The van der Waals surface area contributed by atoms with E-state index in [-0.39, 0.29) is 24.0 Å². The minimum Gasteiger partial charge on any atom is -0.394 e. The van der Waals surface area contributed by atoms with Gasteiger partial charge in [-0.05, 0) is 25.3 Å². The molecule has 0 bridgehead atoms. The first-order valence-corrected chi connectivity index (χ1v) is 11.2. The number of aliphatic hydroxyl groups is 1. The van der Waals surface area contributed by atoms with Gasteiger partial charge < -0.3 is 14.6 Å². The number of benzene rings is 1. The molecule has 0 radical (unpaired) electrons. The topological polar surface area (TPSA) is 38.7 Å². The lowest BCUT2D eigenvalue weighted by Crippen LogP contribution is -2.49. The van der Waals surface area contributed by atoms with Crippen LogP contribution in [0.1, 0.15) is 33.3 Å². The van der Waals surface area contributed by atoms with Crippen molar-refractivity contribution in [3.63, 3.8) is 0 Å². The maximum absolute atomic E-state index is 9.78. The number of hydrogen-bond acceptors (Lipinski definition) is 3. The Hall–Kier alpha value is -0.683. The van der Waals surface area contributed by atoms with Gasteiger partial charge in [0.1, 0.15) is 6.10 Å². The molecule has 1 rings (SSSR count). The molecular weight excluding hydrogens is 292 g/mol. The molecule has 0 spiro atoms. The van der Waals surface area contributed by atoms with E-state index in [1.165, 1.54) is 0 Å². The van der Waals surface area contributed by atoms with E-state index in [0.29, 0.717) is 12.5 Å². The molecule has 0 aliphatic carbocycles. The lowest BCUT2D eigenvalue weighted by molar-refractivity contribution is -0.135. The molecule has 2 atom stereocenters. The van der Waals surface area contributed by atoms with Gasteiger partial charge in [0.15, 0.2) is 0 Å². The second-order valence-electron chi connectivity index (χ2n) is 7.10. The molecule has 0 aliphatic heterocycles. The molecule has 0 amide bonds. The van der Waals surface area contributed by atoms with Crippen molar-refractivity contribution in [1.82, 2.24) is 0 Å². The first kappa shape index (κ1) is 19.4. The van der Waals surface area contributed by atoms with Gasteiger partial charge in [-0.3, -0.25) is 0 Å². The summed E-state index contributed by atoms with van der Waals surface area (Å²) in [5, 5.41) is 9.78. The minimum absolute atomic E-state index is 0.00312. The summed E-state index contributed by atoms with van der Waals surface area (Å²) < 4.78 is 12.4. The highest BCUT2D eigenvalue weighted by molar-refractivity contribution is 6.57. The van der Waals surface area contributed by atoms with E-state index in [1.54, 1.807) is 0 Å². The number of ether oxygens (including phenoxy) is 2. The van der Waals surface area contributed by atoms with Crippen LogP contribution in [0.4, 0.5) is 0 Å². The first-order valence-electron chi connectivity index (χ1n) is 8.22. The van der Waals surface area contributed by atoms with Crippen molar-refractivity contribution in [2.75, 3.05) is 6.61 Å². The standard InChI is InChI=1S/C18H32O3Si/c1-14(2)18(3,4)21-17(22(5)6)16(12-19)20-13-15-10-8-7-9-11-15/h7-11,14,16-17,19,22H,12-13H2,1-6H3/t16-,17?/m0/s1. The Balaban J connectivity index is 2.74. The van der Waals surface area contributed by atoms with Crippen molar-refractivity contribution >= 4 is 8.80 Å². The quantitative estimate of drug-likeness (QED) is 0.708. The summed E-state index contributed by atoms with van der Waals surface area (Å²) >= 11 is 0. The van der Waals surface area contributed by atoms with Gasteiger partial charge in [0.25, 0.3) is 0 Å². The van der Waals surface area contributed by atoms with Crippen LogP contribution in [0.15, 0.2) is 30.3 Å². The fourth-order valence-corrected chi connectivity index (χ4v) is 3.87. The first-order chi connectivity index (χ1) is 10.3. The third-order valence-corrected chi connectivity index (χ3v) is 6.22. The van der Waals surface area contributed by atoms with Gasteiger partial charge in [0.05, 0.1) is 33.3 Å². The van der Waals surface area contributed by atoms with Crippen LogP contribution in [0, 0.1) is 5.92 Å². The average Bonchev–Trinajstić information content (AvgIpc) is 2.47. The van der Waals surface area contributed by atoms with Crippen molar-refractivity contribution in [3.05, 3.63) is 35.9 Å². The summed E-state index contributed by atoms with van der Waals surface area (Å²) in [5.41, 5.74) is 0.908. The Kier molecular flexibility index (Phi) is 7.76. The summed E-state index contributed by atoms with van der Waals surface area (Å²) in [6.45, 7) is 13.6. The van der Waals surface area contributed by atoms with Gasteiger partial charge in [-0.25, -0.2) is 0 Å². The molecule has 1 N–H and O–H groups in total. The molecule has 0 heterocycles. The third kappa shape index (κ3) is 5.84. The smallest absolute Gasteiger partial charge is 0.104 e.